The minimum absolute atomic E-state index is 0.478. The lowest BCUT2D eigenvalue weighted by Crippen LogP contribution is -1.90. The molecule has 0 fully saturated rings. The molecule has 1 aromatic heterocycles. The van der Waals surface area contributed by atoms with E-state index >= 15 is 0 Å². The third-order valence-electron chi connectivity index (χ3n) is 2.58. The van der Waals surface area contributed by atoms with Gasteiger partial charge in [-0.2, -0.15) is 0 Å². The molecule has 1 heterocycles. The Morgan fingerprint density at radius 1 is 1.42 bits per heavy atom. The average molecular weight is 271 g/mol. The van der Waals surface area contributed by atoms with Crippen LogP contribution in [0.5, 0.6) is 0 Å². The summed E-state index contributed by atoms with van der Waals surface area (Å²) >= 11 is 6.01. The van der Waals surface area contributed by atoms with Crippen molar-refractivity contribution in [3.8, 4) is 0 Å². The fourth-order valence-corrected chi connectivity index (χ4v) is 1.95. The summed E-state index contributed by atoms with van der Waals surface area (Å²) in [6, 6.07) is 9.21. The Balaban J connectivity index is 2.60. The molecule has 2 aromatic rings. The minimum atomic E-state index is 0.478. The van der Waals surface area contributed by atoms with Crippen LogP contribution in [-0.2, 0) is 4.74 Å². The van der Waals surface area contributed by atoms with Crippen molar-refractivity contribution in [3.05, 3.63) is 76.6 Å². The molecule has 4 heteroatoms. The number of rotatable bonds is 3. The highest BCUT2D eigenvalue weighted by Crippen LogP contribution is 2.31. The first-order valence-corrected chi connectivity index (χ1v) is 5.95. The molecule has 0 bridgehead atoms. The van der Waals surface area contributed by atoms with Crippen molar-refractivity contribution in [3.63, 3.8) is 0 Å². The van der Waals surface area contributed by atoms with Gasteiger partial charge < -0.3 is 4.74 Å². The molecule has 0 aliphatic heterocycles. The van der Waals surface area contributed by atoms with Gasteiger partial charge in [0.25, 0.3) is 0 Å². The van der Waals surface area contributed by atoms with E-state index < -0.39 is 0 Å². The summed E-state index contributed by atoms with van der Waals surface area (Å²) in [5, 5.41) is 0.637. The van der Waals surface area contributed by atoms with Crippen LogP contribution >= 0.6 is 11.6 Å². The number of nitrogens with zero attached hydrogens (tertiary/aromatic N) is 2. The molecule has 0 aliphatic rings. The summed E-state index contributed by atoms with van der Waals surface area (Å²) in [5.41, 5.74) is 2.95. The first-order valence-electron chi connectivity index (χ1n) is 5.57. The number of hydrogen-bond acceptors (Lipinski definition) is 2. The summed E-state index contributed by atoms with van der Waals surface area (Å²) in [7, 11) is 1.57. The van der Waals surface area contributed by atoms with Crippen molar-refractivity contribution in [1.29, 1.82) is 0 Å². The number of ether oxygens (including phenoxy) is 1. The molecule has 0 amide bonds. The zero-order valence-electron chi connectivity index (χ0n) is 10.3. The number of pyridine rings is 1. The maximum absolute atomic E-state index is 7.21. The molecule has 0 unspecified atom stereocenters. The van der Waals surface area contributed by atoms with E-state index in [0.717, 1.165) is 16.7 Å². The van der Waals surface area contributed by atoms with Gasteiger partial charge in [0.2, 0.25) is 5.69 Å². The van der Waals surface area contributed by atoms with Crippen LogP contribution in [0.25, 0.3) is 10.4 Å². The maximum Gasteiger partial charge on any atom is 0.212 e. The monoisotopic (exact) mass is 270 g/mol. The summed E-state index contributed by atoms with van der Waals surface area (Å²) in [6.07, 6.45) is 4.80. The number of methoxy groups -OCH3 is 1. The lowest BCUT2D eigenvalue weighted by molar-refractivity contribution is 0.340. The van der Waals surface area contributed by atoms with Gasteiger partial charge in [0, 0.05) is 23.0 Å². The number of aromatic nitrogens is 1. The van der Waals surface area contributed by atoms with Crippen molar-refractivity contribution >= 4 is 22.9 Å². The SMILES string of the molecule is [C-]#[N+]c1cnccc1/C(=C/OC)c1cccc(Cl)c1. The maximum atomic E-state index is 7.21. The van der Waals surface area contributed by atoms with Gasteiger partial charge in [-0.05, 0) is 29.3 Å². The van der Waals surface area contributed by atoms with E-state index in [1.807, 2.05) is 18.2 Å². The number of halogens is 1. The van der Waals surface area contributed by atoms with Gasteiger partial charge in [-0.1, -0.05) is 23.7 Å². The van der Waals surface area contributed by atoms with Crippen molar-refractivity contribution in [2.45, 2.75) is 0 Å². The fourth-order valence-electron chi connectivity index (χ4n) is 1.76. The number of benzene rings is 1. The van der Waals surface area contributed by atoms with Crippen LogP contribution in [0.15, 0.2) is 49.0 Å². The van der Waals surface area contributed by atoms with E-state index in [1.165, 1.54) is 6.20 Å². The van der Waals surface area contributed by atoms with Crippen LogP contribution in [-0.4, -0.2) is 12.1 Å². The van der Waals surface area contributed by atoms with E-state index in [-0.39, 0.29) is 0 Å². The van der Waals surface area contributed by atoms with Gasteiger partial charge in [-0.25, -0.2) is 4.85 Å². The average Bonchev–Trinajstić information content (AvgIpc) is 2.45. The highest BCUT2D eigenvalue weighted by Gasteiger charge is 2.11. The Labute approximate surface area is 116 Å². The molecule has 94 valence electrons. The van der Waals surface area contributed by atoms with Gasteiger partial charge in [0.05, 0.1) is 19.9 Å². The first kappa shape index (κ1) is 13.1. The summed E-state index contributed by atoms with van der Waals surface area (Å²) in [4.78, 5) is 7.44. The van der Waals surface area contributed by atoms with Crippen molar-refractivity contribution in [2.75, 3.05) is 7.11 Å². The first-order chi connectivity index (χ1) is 9.26. The van der Waals surface area contributed by atoms with Crippen molar-refractivity contribution in [1.82, 2.24) is 4.98 Å². The highest BCUT2D eigenvalue weighted by atomic mass is 35.5. The molecule has 0 aliphatic carbocycles. The van der Waals surface area contributed by atoms with Crippen LogP contribution in [0.1, 0.15) is 11.1 Å². The minimum Gasteiger partial charge on any atom is -0.504 e. The Bertz CT molecular complexity index is 659. The molecular weight excluding hydrogens is 260 g/mol. The molecule has 3 nitrogen and oxygen atoms in total. The third-order valence-corrected chi connectivity index (χ3v) is 2.82. The quantitative estimate of drug-likeness (QED) is 0.613. The molecule has 0 radical (unpaired) electrons. The number of hydrogen-bond donors (Lipinski definition) is 0. The third kappa shape index (κ3) is 2.93. The lowest BCUT2D eigenvalue weighted by Gasteiger charge is -2.10. The van der Waals surface area contributed by atoms with Crippen LogP contribution in [0.2, 0.25) is 5.02 Å². The van der Waals surface area contributed by atoms with Crippen molar-refractivity contribution in [2.24, 2.45) is 0 Å². The van der Waals surface area contributed by atoms with Crippen LogP contribution in [0.3, 0.4) is 0 Å². The van der Waals surface area contributed by atoms with E-state index in [2.05, 4.69) is 9.83 Å². The van der Waals surface area contributed by atoms with Crippen LogP contribution in [0, 0.1) is 6.57 Å². The van der Waals surface area contributed by atoms with Crippen molar-refractivity contribution < 1.29 is 4.74 Å². The molecule has 2 rings (SSSR count). The fraction of sp³-hybridized carbons (Fsp3) is 0.0667. The second-order valence-corrected chi connectivity index (χ2v) is 4.22. The molecule has 0 spiro atoms. The zero-order valence-corrected chi connectivity index (χ0v) is 11.1. The molecule has 0 N–H and O–H groups in total. The predicted molar refractivity (Wildman–Crippen MR) is 76.0 cm³/mol. The Morgan fingerprint density at radius 2 is 2.26 bits per heavy atom. The molecule has 19 heavy (non-hydrogen) atoms. The van der Waals surface area contributed by atoms with Gasteiger partial charge in [-0.15, -0.1) is 0 Å². The van der Waals surface area contributed by atoms with E-state index in [0.29, 0.717) is 10.7 Å². The standard InChI is InChI=1S/C15H11ClN2O/c1-17-15-9-18-7-6-13(15)14(10-19-2)11-4-3-5-12(16)8-11/h3-10H,2H3/b14-10+. The Morgan fingerprint density at radius 3 is 2.95 bits per heavy atom. The summed E-state index contributed by atoms with van der Waals surface area (Å²) in [5.74, 6) is 0. The van der Waals surface area contributed by atoms with Crippen LogP contribution in [0.4, 0.5) is 5.69 Å². The van der Waals surface area contributed by atoms with Gasteiger partial charge in [0.1, 0.15) is 0 Å². The van der Waals surface area contributed by atoms with E-state index in [1.54, 1.807) is 31.7 Å². The smallest absolute Gasteiger partial charge is 0.212 e. The predicted octanol–water partition coefficient (Wildman–Crippen LogP) is 4.32. The van der Waals surface area contributed by atoms with E-state index in [9.17, 15) is 0 Å². The second-order valence-electron chi connectivity index (χ2n) is 3.78. The van der Waals surface area contributed by atoms with Gasteiger partial charge >= 0.3 is 0 Å². The Hall–Kier alpha value is -2.31. The van der Waals surface area contributed by atoms with Crippen LogP contribution < -0.4 is 0 Å². The van der Waals surface area contributed by atoms with Gasteiger partial charge in [0.15, 0.2) is 0 Å². The molecule has 0 saturated heterocycles. The largest absolute Gasteiger partial charge is 0.504 e. The van der Waals surface area contributed by atoms with E-state index in [4.69, 9.17) is 22.9 Å². The molecule has 1 aromatic carbocycles. The molecular formula is C15H11ClN2O. The summed E-state index contributed by atoms with van der Waals surface area (Å²) < 4.78 is 5.12. The second kappa shape index (κ2) is 6.03. The summed E-state index contributed by atoms with van der Waals surface area (Å²) in [6.45, 7) is 7.21. The lowest BCUT2D eigenvalue weighted by atomic mass is 9.99. The zero-order chi connectivity index (χ0) is 13.7. The Kier molecular flexibility index (Phi) is 4.17. The highest BCUT2D eigenvalue weighted by molar-refractivity contribution is 6.30. The molecule has 0 atom stereocenters. The molecule has 0 saturated carbocycles. The normalized spacial score (nSPS) is 10.9. The topological polar surface area (TPSA) is 26.5 Å². The van der Waals surface area contributed by atoms with Gasteiger partial charge in [-0.3, -0.25) is 4.98 Å².